The third-order valence-corrected chi connectivity index (χ3v) is 1.64. The predicted molar refractivity (Wildman–Crippen MR) is 42.3 cm³/mol. The fourth-order valence-electron chi connectivity index (χ4n) is 0.736. The van der Waals surface area contributed by atoms with Gasteiger partial charge in [-0.3, -0.25) is 0 Å². The topological polar surface area (TPSA) is 26.0 Å². The third kappa shape index (κ3) is 5.84. The Bertz CT molecular complexity index is 59.6. The molecule has 0 rings (SSSR count). The molecule has 0 amide bonds. The SMILES string of the molecule is CC(C)CC[C@@H](C)CN. The normalized spacial score (nSPS) is 14.3. The minimum atomic E-state index is 0.715. The summed E-state index contributed by atoms with van der Waals surface area (Å²) in [5.74, 6) is 1.55. The van der Waals surface area contributed by atoms with Crippen molar-refractivity contribution in [3.63, 3.8) is 0 Å². The van der Waals surface area contributed by atoms with Crippen LogP contribution in [0.4, 0.5) is 0 Å². The van der Waals surface area contributed by atoms with Crippen LogP contribution in [0.5, 0.6) is 0 Å². The summed E-state index contributed by atoms with van der Waals surface area (Å²) in [5.41, 5.74) is 5.46. The van der Waals surface area contributed by atoms with Crippen LogP contribution in [0.25, 0.3) is 0 Å². The molecule has 1 heteroatoms. The minimum Gasteiger partial charge on any atom is -0.330 e. The lowest BCUT2D eigenvalue weighted by atomic mass is 10.00. The molecule has 0 aliphatic rings. The molecule has 0 aromatic carbocycles. The monoisotopic (exact) mass is 129 g/mol. The van der Waals surface area contributed by atoms with E-state index in [-0.39, 0.29) is 0 Å². The molecule has 0 saturated carbocycles. The van der Waals surface area contributed by atoms with Crippen LogP contribution in [0.2, 0.25) is 0 Å². The van der Waals surface area contributed by atoms with Crippen LogP contribution in [-0.2, 0) is 0 Å². The molecule has 1 atom stereocenters. The van der Waals surface area contributed by atoms with Crippen LogP contribution in [0.15, 0.2) is 0 Å². The van der Waals surface area contributed by atoms with Gasteiger partial charge in [0.05, 0.1) is 0 Å². The Morgan fingerprint density at radius 3 is 2.00 bits per heavy atom. The van der Waals surface area contributed by atoms with E-state index in [1.54, 1.807) is 0 Å². The van der Waals surface area contributed by atoms with E-state index in [2.05, 4.69) is 20.8 Å². The van der Waals surface area contributed by atoms with Gasteiger partial charge in [-0.1, -0.05) is 27.2 Å². The molecule has 0 aromatic rings. The second-order valence-electron chi connectivity index (χ2n) is 3.31. The van der Waals surface area contributed by atoms with E-state index >= 15 is 0 Å². The molecule has 1 nitrogen and oxygen atoms in total. The fraction of sp³-hybridized carbons (Fsp3) is 1.00. The van der Waals surface area contributed by atoms with E-state index in [0.717, 1.165) is 12.5 Å². The summed E-state index contributed by atoms with van der Waals surface area (Å²) in [7, 11) is 0. The summed E-state index contributed by atoms with van der Waals surface area (Å²) in [6.07, 6.45) is 2.60. The van der Waals surface area contributed by atoms with Crippen molar-refractivity contribution in [2.75, 3.05) is 6.54 Å². The number of hydrogen-bond donors (Lipinski definition) is 1. The Morgan fingerprint density at radius 1 is 1.11 bits per heavy atom. The molecule has 0 saturated heterocycles. The molecule has 0 radical (unpaired) electrons. The number of rotatable bonds is 4. The van der Waals surface area contributed by atoms with Crippen LogP contribution in [0.1, 0.15) is 33.6 Å². The van der Waals surface area contributed by atoms with Crippen LogP contribution >= 0.6 is 0 Å². The minimum absolute atomic E-state index is 0.715. The summed E-state index contributed by atoms with van der Waals surface area (Å²) in [6, 6.07) is 0. The van der Waals surface area contributed by atoms with Gasteiger partial charge in [0, 0.05) is 0 Å². The molecule has 0 aromatic heterocycles. The second kappa shape index (κ2) is 4.80. The zero-order valence-electron chi connectivity index (χ0n) is 6.85. The van der Waals surface area contributed by atoms with Gasteiger partial charge in [-0.2, -0.15) is 0 Å². The van der Waals surface area contributed by atoms with Crippen molar-refractivity contribution in [2.24, 2.45) is 17.6 Å². The summed E-state index contributed by atoms with van der Waals surface area (Å²) < 4.78 is 0. The average molecular weight is 129 g/mol. The number of nitrogens with two attached hydrogens (primary N) is 1. The Morgan fingerprint density at radius 2 is 1.67 bits per heavy atom. The Hall–Kier alpha value is -0.0400. The van der Waals surface area contributed by atoms with Crippen LogP contribution in [0, 0.1) is 11.8 Å². The van der Waals surface area contributed by atoms with Crippen molar-refractivity contribution in [3.05, 3.63) is 0 Å². The van der Waals surface area contributed by atoms with E-state index in [0.29, 0.717) is 5.92 Å². The highest BCUT2D eigenvalue weighted by atomic mass is 14.5. The lowest BCUT2D eigenvalue weighted by molar-refractivity contribution is 0.457. The molecule has 0 bridgehead atoms. The molecule has 2 N–H and O–H groups in total. The van der Waals surface area contributed by atoms with Crippen molar-refractivity contribution >= 4 is 0 Å². The van der Waals surface area contributed by atoms with Gasteiger partial charge < -0.3 is 5.73 Å². The lowest BCUT2D eigenvalue weighted by Crippen LogP contribution is -2.11. The van der Waals surface area contributed by atoms with Gasteiger partial charge in [-0.15, -0.1) is 0 Å². The Labute approximate surface area is 58.6 Å². The standard InChI is InChI=1S/C8H19N/c1-7(2)4-5-8(3)6-9/h7-8H,4-6,9H2,1-3H3/t8-/m1/s1. The van der Waals surface area contributed by atoms with Crippen molar-refractivity contribution in [3.8, 4) is 0 Å². The molecule has 56 valence electrons. The molecule has 0 unspecified atom stereocenters. The predicted octanol–water partition coefficient (Wildman–Crippen LogP) is 2.02. The highest BCUT2D eigenvalue weighted by Crippen LogP contribution is 2.09. The summed E-state index contributed by atoms with van der Waals surface area (Å²) in [6.45, 7) is 7.56. The first kappa shape index (κ1) is 8.96. The maximum atomic E-state index is 5.46. The second-order valence-corrected chi connectivity index (χ2v) is 3.31. The van der Waals surface area contributed by atoms with Crippen molar-refractivity contribution < 1.29 is 0 Å². The molecular weight excluding hydrogens is 110 g/mol. The smallest absolute Gasteiger partial charge is 0.00515 e. The van der Waals surface area contributed by atoms with Crippen molar-refractivity contribution in [2.45, 2.75) is 33.6 Å². The molecule has 0 spiro atoms. The third-order valence-electron chi connectivity index (χ3n) is 1.64. The first-order valence-corrected chi connectivity index (χ1v) is 3.87. The first-order valence-electron chi connectivity index (χ1n) is 3.87. The quantitative estimate of drug-likeness (QED) is 0.617. The Balaban J connectivity index is 3.06. The zero-order valence-corrected chi connectivity index (χ0v) is 6.85. The van der Waals surface area contributed by atoms with Crippen molar-refractivity contribution in [1.29, 1.82) is 0 Å². The maximum absolute atomic E-state index is 5.46. The van der Waals surface area contributed by atoms with Gasteiger partial charge >= 0.3 is 0 Å². The van der Waals surface area contributed by atoms with Gasteiger partial charge in [0.1, 0.15) is 0 Å². The van der Waals surface area contributed by atoms with Gasteiger partial charge in [-0.25, -0.2) is 0 Å². The van der Waals surface area contributed by atoms with Gasteiger partial charge in [0.25, 0.3) is 0 Å². The molecular formula is C8H19N. The van der Waals surface area contributed by atoms with Gasteiger partial charge in [-0.05, 0) is 24.8 Å². The fourth-order valence-corrected chi connectivity index (χ4v) is 0.736. The van der Waals surface area contributed by atoms with E-state index in [1.165, 1.54) is 12.8 Å². The van der Waals surface area contributed by atoms with Gasteiger partial charge in [0.15, 0.2) is 0 Å². The first-order chi connectivity index (χ1) is 4.16. The van der Waals surface area contributed by atoms with Crippen LogP contribution < -0.4 is 5.73 Å². The summed E-state index contributed by atoms with van der Waals surface area (Å²) in [5, 5.41) is 0. The molecule has 0 heterocycles. The zero-order chi connectivity index (χ0) is 7.28. The highest BCUT2D eigenvalue weighted by Gasteiger charge is 1.99. The van der Waals surface area contributed by atoms with E-state index < -0.39 is 0 Å². The largest absolute Gasteiger partial charge is 0.330 e. The lowest BCUT2D eigenvalue weighted by Gasteiger charge is -2.08. The molecule has 0 fully saturated rings. The summed E-state index contributed by atoms with van der Waals surface area (Å²) >= 11 is 0. The Kier molecular flexibility index (Phi) is 4.78. The van der Waals surface area contributed by atoms with E-state index in [4.69, 9.17) is 5.73 Å². The van der Waals surface area contributed by atoms with Crippen molar-refractivity contribution in [1.82, 2.24) is 0 Å². The average Bonchev–Trinajstić information content (AvgIpc) is 1.83. The number of hydrogen-bond acceptors (Lipinski definition) is 1. The molecule has 0 aliphatic heterocycles. The van der Waals surface area contributed by atoms with Crippen LogP contribution in [0.3, 0.4) is 0 Å². The van der Waals surface area contributed by atoms with E-state index in [1.807, 2.05) is 0 Å². The maximum Gasteiger partial charge on any atom is -0.00515 e. The van der Waals surface area contributed by atoms with E-state index in [9.17, 15) is 0 Å². The van der Waals surface area contributed by atoms with Gasteiger partial charge in [0.2, 0.25) is 0 Å². The van der Waals surface area contributed by atoms with Crippen LogP contribution in [-0.4, -0.2) is 6.54 Å². The highest BCUT2D eigenvalue weighted by molar-refractivity contribution is 4.54. The summed E-state index contributed by atoms with van der Waals surface area (Å²) in [4.78, 5) is 0. The molecule has 9 heavy (non-hydrogen) atoms. The molecule has 0 aliphatic carbocycles.